The summed E-state index contributed by atoms with van der Waals surface area (Å²) in [5.74, 6) is 0.236. The van der Waals surface area contributed by atoms with Gasteiger partial charge in [0.15, 0.2) is 0 Å². The van der Waals surface area contributed by atoms with E-state index in [2.05, 4.69) is 15.0 Å². The second kappa shape index (κ2) is 6.66. The van der Waals surface area contributed by atoms with E-state index in [4.69, 9.17) is 9.26 Å². The number of methoxy groups -OCH3 is 1. The van der Waals surface area contributed by atoms with Crippen molar-refractivity contribution in [2.24, 2.45) is 0 Å². The molecule has 2 aromatic rings. The van der Waals surface area contributed by atoms with Crippen LogP contribution in [0.3, 0.4) is 0 Å². The average molecular weight is 371 g/mol. The lowest BCUT2D eigenvalue weighted by atomic mass is 9.92. The molecule has 0 radical (unpaired) electrons. The van der Waals surface area contributed by atoms with Crippen LogP contribution in [0.2, 0.25) is 0 Å². The lowest BCUT2D eigenvalue weighted by Gasteiger charge is -2.46. The molecular weight excluding hydrogens is 350 g/mol. The number of rotatable bonds is 3. The molecule has 1 spiro atoms. The SMILES string of the molecule is COc1cc(C(=O)N2CCC3(C2)CN(c2cccnc2)C(=O)CN3C)on1. The van der Waals surface area contributed by atoms with Crippen LogP contribution in [0.4, 0.5) is 5.69 Å². The number of piperazine rings is 1. The van der Waals surface area contributed by atoms with Crippen molar-refractivity contribution >= 4 is 17.5 Å². The van der Waals surface area contributed by atoms with Crippen LogP contribution >= 0.6 is 0 Å². The maximum absolute atomic E-state index is 12.8. The predicted octanol–water partition coefficient (Wildman–Crippen LogP) is 0.641. The zero-order chi connectivity index (χ0) is 19.0. The predicted molar refractivity (Wildman–Crippen MR) is 95.5 cm³/mol. The van der Waals surface area contributed by atoms with Crippen LogP contribution < -0.4 is 9.64 Å². The fourth-order valence-corrected chi connectivity index (χ4v) is 3.79. The molecule has 2 aliphatic rings. The number of nitrogens with zero attached hydrogens (tertiary/aromatic N) is 5. The highest BCUT2D eigenvalue weighted by Gasteiger charge is 2.49. The summed E-state index contributed by atoms with van der Waals surface area (Å²) >= 11 is 0. The van der Waals surface area contributed by atoms with E-state index < -0.39 is 0 Å². The smallest absolute Gasteiger partial charge is 0.292 e. The number of aromatic nitrogens is 2. The molecule has 2 amide bonds. The van der Waals surface area contributed by atoms with Crippen LogP contribution in [0, 0.1) is 0 Å². The van der Waals surface area contributed by atoms with Gasteiger partial charge in [-0.1, -0.05) is 0 Å². The molecule has 9 nitrogen and oxygen atoms in total. The number of anilines is 1. The molecule has 4 rings (SSSR count). The van der Waals surface area contributed by atoms with E-state index in [1.165, 1.54) is 13.2 Å². The summed E-state index contributed by atoms with van der Waals surface area (Å²) in [5.41, 5.74) is 0.475. The molecule has 0 aromatic carbocycles. The zero-order valence-electron chi connectivity index (χ0n) is 15.3. The number of hydrogen-bond acceptors (Lipinski definition) is 7. The van der Waals surface area contributed by atoms with E-state index in [-0.39, 0.29) is 29.0 Å². The Hall–Kier alpha value is -2.94. The summed E-state index contributed by atoms with van der Waals surface area (Å²) in [6.45, 7) is 1.90. The van der Waals surface area contributed by atoms with Gasteiger partial charge in [-0.2, -0.15) is 0 Å². The van der Waals surface area contributed by atoms with Crippen molar-refractivity contribution in [3.05, 3.63) is 36.4 Å². The van der Waals surface area contributed by atoms with E-state index in [1.54, 1.807) is 22.2 Å². The van der Waals surface area contributed by atoms with Gasteiger partial charge in [-0.3, -0.25) is 19.5 Å². The van der Waals surface area contributed by atoms with Gasteiger partial charge >= 0.3 is 0 Å². The molecule has 2 aromatic heterocycles. The Balaban J connectivity index is 1.54. The van der Waals surface area contributed by atoms with Gasteiger partial charge in [-0.05, 0) is 30.8 Å². The number of amides is 2. The fraction of sp³-hybridized carbons (Fsp3) is 0.444. The molecule has 2 fully saturated rings. The largest absolute Gasteiger partial charge is 0.479 e. The Morgan fingerprint density at radius 3 is 2.93 bits per heavy atom. The summed E-state index contributed by atoms with van der Waals surface area (Å²) < 4.78 is 10.1. The molecule has 142 valence electrons. The van der Waals surface area contributed by atoms with Gasteiger partial charge in [0.25, 0.3) is 11.8 Å². The van der Waals surface area contributed by atoms with Crippen LogP contribution in [0.25, 0.3) is 0 Å². The first kappa shape index (κ1) is 17.5. The van der Waals surface area contributed by atoms with Crippen LogP contribution in [0.15, 0.2) is 35.1 Å². The molecule has 9 heteroatoms. The molecule has 0 bridgehead atoms. The normalized spacial score (nSPS) is 23.3. The molecule has 0 saturated carbocycles. The molecule has 27 heavy (non-hydrogen) atoms. The van der Waals surface area contributed by atoms with E-state index in [0.29, 0.717) is 26.2 Å². The van der Waals surface area contributed by atoms with Crippen molar-refractivity contribution < 1.29 is 18.8 Å². The van der Waals surface area contributed by atoms with Gasteiger partial charge in [0.2, 0.25) is 11.7 Å². The van der Waals surface area contributed by atoms with Gasteiger partial charge in [-0.15, -0.1) is 0 Å². The first-order valence-corrected chi connectivity index (χ1v) is 8.74. The Bertz CT molecular complexity index is 854. The molecule has 1 atom stereocenters. The van der Waals surface area contributed by atoms with Crippen LogP contribution in [-0.4, -0.2) is 77.6 Å². The molecule has 4 heterocycles. The standard InChI is InChI=1S/C18H21N5O4/c1-21-10-16(24)23(13-4-3-6-19-9-13)12-18(21)5-7-22(11-18)17(25)14-8-15(26-2)20-27-14/h3-4,6,8-9H,5,7,10-12H2,1-2H3. The maximum Gasteiger partial charge on any atom is 0.292 e. The molecule has 0 N–H and O–H groups in total. The average Bonchev–Trinajstić information content (AvgIpc) is 3.33. The van der Waals surface area contributed by atoms with Crippen molar-refractivity contribution in [3.63, 3.8) is 0 Å². The van der Waals surface area contributed by atoms with Gasteiger partial charge in [-0.25, -0.2) is 0 Å². The Morgan fingerprint density at radius 1 is 1.37 bits per heavy atom. The van der Waals surface area contributed by atoms with Gasteiger partial charge in [0.05, 0.1) is 37.1 Å². The van der Waals surface area contributed by atoms with E-state index in [1.807, 2.05) is 19.2 Å². The summed E-state index contributed by atoms with van der Waals surface area (Å²) in [6, 6.07) is 5.18. The third-order valence-corrected chi connectivity index (χ3v) is 5.42. The van der Waals surface area contributed by atoms with Gasteiger partial charge in [0, 0.05) is 25.8 Å². The Morgan fingerprint density at radius 2 is 2.22 bits per heavy atom. The lowest BCUT2D eigenvalue weighted by molar-refractivity contribution is -0.123. The fourth-order valence-electron chi connectivity index (χ4n) is 3.79. The number of hydrogen-bond donors (Lipinski definition) is 0. The molecule has 2 saturated heterocycles. The third-order valence-electron chi connectivity index (χ3n) is 5.42. The third kappa shape index (κ3) is 3.03. The van der Waals surface area contributed by atoms with Crippen molar-refractivity contribution in [1.82, 2.24) is 19.9 Å². The van der Waals surface area contributed by atoms with E-state index >= 15 is 0 Å². The topological polar surface area (TPSA) is 92.0 Å². The van der Waals surface area contributed by atoms with Crippen LogP contribution in [-0.2, 0) is 4.79 Å². The second-order valence-electron chi connectivity index (χ2n) is 6.98. The second-order valence-corrected chi connectivity index (χ2v) is 6.98. The van der Waals surface area contributed by atoms with Crippen molar-refractivity contribution in [2.45, 2.75) is 12.0 Å². The van der Waals surface area contributed by atoms with Crippen LogP contribution in [0.5, 0.6) is 5.88 Å². The number of carbonyl (C=O) groups is 2. The van der Waals surface area contributed by atoms with Crippen LogP contribution in [0.1, 0.15) is 17.0 Å². The molecular formula is C18H21N5O4. The molecule has 0 aliphatic carbocycles. The summed E-state index contributed by atoms with van der Waals surface area (Å²) in [5, 5.41) is 3.69. The van der Waals surface area contributed by atoms with E-state index in [0.717, 1.165) is 12.1 Å². The quantitative estimate of drug-likeness (QED) is 0.782. The summed E-state index contributed by atoms with van der Waals surface area (Å²) in [7, 11) is 3.40. The van der Waals surface area contributed by atoms with Crippen molar-refractivity contribution in [2.75, 3.05) is 45.2 Å². The highest BCUT2D eigenvalue weighted by Crippen LogP contribution is 2.34. The van der Waals surface area contributed by atoms with Crippen molar-refractivity contribution in [3.8, 4) is 5.88 Å². The number of pyridine rings is 1. The first-order valence-electron chi connectivity index (χ1n) is 8.74. The summed E-state index contributed by atoms with van der Waals surface area (Å²) in [6.07, 6.45) is 4.14. The lowest BCUT2D eigenvalue weighted by Crippen LogP contribution is -2.64. The highest BCUT2D eigenvalue weighted by molar-refractivity contribution is 5.96. The number of ether oxygens (including phenoxy) is 1. The molecule has 1 unspecified atom stereocenters. The molecule has 2 aliphatic heterocycles. The van der Waals surface area contributed by atoms with E-state index in [9.17, 15) is 9.59 Å². The number of likely N-dealkylation sites (N-methyl/N-ethyl adjacent to an activating group) is 1. The maximum atomic E-state index is 12.8. The minimum absolute atomic E-state index is 0.0286. The zero-order valence-corrected chi connectivity index (χ0v) is 15.3. The summed E-state index contributed by atoms with van der Waals surface area (Å²) in [4.78, 5) is 35.0. The van der Waals surface area contributed by atoms with Gasteiger partial charge in [0.1, 0.15) is 0 Å². The monoisotopic (exact) mass is 371 g/mol. The Kier molecular flexibility index (Phi) is 4.31. The number of carbonyl (C=O) groups excluding carboxylic acids is 2. The minimum Gasteiger partial charge on any atom is -0.479 e. The highest BCUT2D eigenvalue weighted by atomic mass is 16.5. The van der Waals surface area contributed by atoms with Crippen molar-refractivity contribution in [1.29, 1.82) is 0 Å². The minimum atomic E-state index is -0.302. The number of likely N-dealkylation sites (tertiary alicyclic amines) is 1. The first-order chi connectivity index (χ1) is 13.0. The van der Waals surface area contributed by atoms with Gasteiger partial charge < -0.3 is 19.1 Å². The Labute approximate surface area is 156 Å².